The zero-order valence-corrected chi connectivity index (χ0v) is 11.5. The van der Waals surface area contributed by atoms with Crippen molar-refractivity contribution in [1.82, 2.24) is 9.88 Å². The molecule has 1 aromatic heterocycles. The first kappa shape index (κ1) is 13.3. The molecule has 1 aliphatic heterocycles. The highest BCUT2D eigenvalue weighted by Crippen LogP contribution is 2.21. The van der Waals surface area contributed by atoms with Crippen LogP contribution in [0.3, 0.4) is 0 Å². The Balaban J connectivity index is 2.05. The molecule has 0 aromatic carbocycles. The van der Waals surface area contributed by atoms with Crippen molar-refractivity contribution in [2.45, 2.75) is 31.9 Å². The Morgan fingerprint density at radius 3 is 2.83 bits per heavy atom. The lowest BCUT2D eigenvalue weighted by Gasteiger charge is -2.37. The lowest BCUT2D eigenvalue weighted by atomic mass is 10.0. The zero-order valence-electron chi connectivity index (χ0n) is 11.5. The fourth-order valence-electron chi connectivity index (χ4n) is 2.52. The van der Waals surface area contributed by atoms with Crippen LogP contribution in [0.4, 0.5) is 5.69 Å². The molecule has 0 spiro atoms. The highest BCUT2D eigenvalue weighted by atomic mass is 16.3. The number of likely N-dealkylation sites (N-methyl/N-ethyl adjacent to an activating group) is 2. The van der Waals surface area contributed by atoms with Crippen LogP contribution < -0.4 is 4.90 Å². The Bertz CT molecular complexity index is 377. The van der Waals surface area contributed by atoms with Gasteiger partial charge in [-0.05, 0) is 45.5 Å². The van der Waals surface area contributed by atoms with Gasteiger partial charge in [0, 0.05) is 19.6 Å². The van der Waals surface area contributed by atoms with E-state index in [2.05, 4.69) is 28.9 Å². The van der Waals surface area contributed by atoms with E-state index < -0.39 is 6.10 Å². The molecule has 1 aromatic rings. The maximum Gasteiger partial charge on any atom is 0.0931 e. The Kier molecular flexibility index (Phi) is 4.19. The fourth-order valence-corrected chi connectivity index (χ4v) is 2.52. The number of piperidine rings is 1. The number of anilines is 1. The first-order valence-corrected chi connectivity index (χ1v) is 6.63. The van der Waals surface area contributed by atoms with Gasteiger partial charge in [-0.25, -0.2) is 0 Å². The summed E-state index contributed by atoms with van der Waals surface area (Å²) in [6.45, 7) is 4.04. The lowest BCUT2D eigenvalue weighted by Crippen LogP contribution is -2.45. The third-order valence-electron chi connectivity index (χ3n) is 3.75. The standard InChI is InChI=1S/C14H23N3O/c1-11(18)14-7-6-12(9-15-14)17(3)13-5-4-8-16(2)10-13/h6-7,9,11,13,18H,4-5,8,10H2,1-3H3/t11-,13?/m0/s1. The number of hydrogen-bond acceptors (Lipinski definition) is 4. The Morgan fingerprint density at radius 2 is 2.28 bits per heavy atom. The summed E-state index contributed by atoms with van der Waals surface area (Å²) in [6, 6.07) is 4.51. The van der Waals surface area contributed by atoms with Gasteiger partial charge in [0.2, 0.25) is 0 Å². The van der Waals surface area contributed by atoms with Crippen LogP contribution in [-0.4, -0.2) is 48.2 Å². The van der Waals surface area contributed by atoms with Crippen molar-refractivity contribution in [2.24, 2.45) is 0 Å². The van der Waals surface area contributed by atoms with Gasteiger partial charge in [0.1, 0.15) is 0 Å². The molecule has 1 N–H and O–H groups in total. The van der Waals surface area contributed by atoms with Gasteiger partial charge in [0.05, 0.1) is 23.7 Å². The molecule has 1 fully saturated rings. The highest BCUT2D eigenvalue weighted by Gasteiger charge is 2.21. The Hall–Kier alpha value is -1.13. The summed E-state index contributed by atoms with van der Waals surface area (Å²) in [4.78, 5) is 8.99. The Morgan fingerprint density at radius 1 is 1.50 bits per heavy atom. The smallest absolute Gasteiger partial charge is 0.0931 e. The van der Waals surface area contributed by atoms with E-state index in [1.807, 2.05) is 18.3 Å². The summed E-state index contributed by atoms with van der Waals surface area (Å²) < 4.78 is 0. The van der Waals surface area contributed by atoms with E-state index in [9.17, 15) is 5.11 Å². The number of aliphatic hydroxyl groups excluding tert-OH is 1. The second-order valence-corrected chi connectivity index (χ2v) is 5.29. The second kappa shape index (κ2) is 5.67. The number of rotatable bonds is 3. The monoisotopic (exact) mass is 249 g/mol. The summed E-state index contributed by atoms with van der Waals surface area (Å²) in [7, 11) is 4.30. The second-order valence-electron chi connectivity index (χ2n) is 5.29. The van der Waals surface area contributed by atoms with E-state index in [1.165, 1.54) is 19.4 Å². The molecular weight excluding hydrogens is 226 g/mol. The summed E-state index contributed by atoms with van der Waals surface area (Å²) in [5.74, 6) is 0. The minimum Gasteiger partial charge on any atom is -0.387 e. The quantitative estimate of drug-likeness (QED) is 0.884. The van der Waals surface area contributed by atoms with Gasteiger partial charge in [-0.3, -0.25) is 4.98 Å². The van der Waals surface area contributed by atoms with E-state index in [1.54, 1.807) is 6.92 Å². The molecule has 1 unspecified atom stereocenters. The molecule has 0 aliphatic carbocycles. The van der Waals surface area contributed by atoms with Crippen molar-refractivity contribution in [1.29, 1.82) is 0 Å². The molecule has 100 valence electrons. The van der Waals surface area contributed by atoms with Gasteiger partial charge in [0.25, 0.3) is 0 Å². The topological polar surface area (TPSA) is 39.6 Å². The number of nitrogens with zero attached hydrogens (tertiary/aromatic N) is 3. The molecule has 4 heteroatoms. The SMILES string of the molecule is C[C@H](O)c1ccc(N(C)C2CCCN(C)C2)cn1. The van der Waals surface area contributed by atoms with Crippen LogP contribution in [0.1, 0.15) is 31.6 Å². The lowest BCUT2D eigenvalue weighted by molar-refractivity contribution is 0.194. The first-order valence-electron chi connectivity index (χ1n) is 6.63. The maximum absolute atomic E-state index is 9.45. The van der Waals surface area contributed by atoms with Gasteiger partial charge < -0.3 is 14.9 Å². The summed E-state index contributed by atoms with van der Waals surface area (Å²) in [5, 5.41) is 9.45. The van der Waals surface area contributed by atoms with E-state index in [0.29, 0.717) is 6.04 Å². The van der Waals surface area contributed by atoms with Crippen LogP contribution in [0.2, 0.25) is 0 Å². The van der Waals surface area contributed by atoms with E-state index in [-0.39, 0.29) is 0 Å². The van der Waals surface area contributed by atoms with Crippen molar-refractivity contribution in [3.05, 3.63) is 24.0 Å². The number of aliphatic hydroxyl groups is 1. The molecule has 4 nitrogen and oxygen atoms in total. The van der Waals surface area contributed by atoms with Crippen LogP contribution in [0.5, 0.6) is 0 Å². The maximum atomic E-state index is 9.45. The van der Waals surface area contributed by atoms with Crippen molar-refractivity contribution >= 4 is 5.69 Å². The molecule has 0 amide bonds. The largest absolute Gasteiger partial charge is 0.387 e. The van der Waals surface area contributed by atoms with Gasteiger partial charge in [-0.2, -0.15) is 0 Å². The van der Waals surface area contributed by atoms with Crippen LogP contribution in [0.25, 0.3) is 0 Å². The molecule has 2 atom stereocenters. The molecule has 0 saturated carbocycles. The van der Waals surface area contributed by atoms with Gasteiger partial charge in [0.15, 0.2) is 0 Å². The minimum absolute atomic E-state index is 0.495. The summed E-state index contributed by atoms with van der Waals surface area (Å²) >= 11 is 0. The van der Waals surface area contributed by atoms with E-state index >= 15 is 0 Å². The number of pyridine rings is 1. The number of likely N-dealkylation sites (tertiary alicyclic amines) is 1. The number of aromatic nitrogens is 1. The van der Waals surface area contributed by atoms with Crippen molar-refractivity contribution in [3.63, 3.8) is 0 Å². The van der Waals surface area contributed by atoms with E-state index in [0.717, 1.165) is 17.9 Å². The van der Waals surface area contributed by atoms with Crippen LogP contribution in [0, 0.1) is 0 Å². The van der Waals surface area contributed by atoms with Crippen LogP contribution in [0.15, 0.2) is 18.3 Å². The molecule has 1 aliphatic rings. The van der Waals surface area contributed by atoms with Gasteiger partial charge in [-0.1, -0.05) is 0 Å². The predicted molar refractivity (Wildman–Crippen MR) is 73.8 cm³/mol. The summed E-state index contributed by atoms with van der Waals surface area (Å²) in [5.41, 5.74) is 1.85. The zero-order chi connectivity index (χ0) is 13.1. The van der Waals surface area contributed by atoms with E-state index in [4.69, 9.17) is 0 Å². The fraction of sp³-hybridized carbons (Fsp3) is 0.643. The average Bonchev–Trinajstić information content (AvgIpc) is 2.38. The van der Waals surface area contributed by atoms with Crippen LogP contribution >= 0.6 is 0 Å². The van der Waals surface area contributed by atoms with Gasteiger partial charge in [-0.15, -0.1) is 0 Å². The van der Waals surface area contributed by atoms with Crippen molar-refractivity contribution < 1.29 is 5.11 Å². The highest BCUT2D eigenvalue weighted by molar-refractivity contribution is 5.45. The molecule has 2 heterocycles. The Labute approximate surface area is 109 Å². The normalized spacial score (nSPS) is 22.8. The molecule has 2 rings (SSSR count). The molecule has 1 saturated heterocycles. The van der Waals surface area contributed by atoms with Crippen molar-refractivity contribution in [3.8, 4) is 0 Å². The molecule has 0 bridgehead atoms. The molecule has 0 radical (unpaired) electrons. The number of hydrogen-bond donors (Lipinski definition) is 1. The van der Waals surface area contributed by atoms with Gasteiger partial charge >= 0.3 is 0 Å². The molecule has 18 heavy (non-hydrogen) atoms. The van der Waals surface area contributed by atoms with Crippen molar-refractivity contribution in [2.75, 3.05) is 32.1 Å². The average molecular weight is 249 g/mol. The minimum atomic E-state index is -0.495. The third-order valence-corrected chi connectivity index (χ3v) is 3.75. The first-order chi connectivity index (χ1) is 8.58. The molecular formula is C14H23N3O. The third kappa shape index (κ3) is 3.00. The predicted octanol–water partition coefficient (Wildman–Crippen LogP) is 1.67. The summed E-state index contributed by atoms with van der Waals surface area (Å²) in [6.07, 6.45) is 3.85. The van der Waals surface area contributed by atoms with Crippen LogP contribution in [-0.2, 0) is 0 Å².